The van der Waals surface area contributed by atoms with E-state index in [1.54, 1.807) is 12.1 Å². The van der Waals surface area contributed by atoms with Gasteiger partial charge in [-0.1, -0.05) is 69.0 Å². The van der Waals surface area contributed by atoms with Gasteiger partial charge in [0.2, 0.25) is 0 Å². The molecule has 5 heteroatoms. The third-order valence-electron chi connectivity index (χ3n) is 7.12. The van der Waals surface area contributed by atoms with Gasteiger partial charge in [0.05, 0.1) is 0 Å². The van der Waals surface area contributed by atoms with E-state index in [-0.39, 0.29) is 12.2 Å². The molecule has 0 aliphatic carbocycles. The molecule has 0 spiro atoms. The summed E-state index contributed by atoms with van der Waals surface area (Å²) in [5.41, 5.74) is 3.75. The fraction of sp³-hybridized carbons (Fsp3) is 0.333. The van der Waals surface area contributed by atoms with Gasteiger partial charge in [-0.25, -0.2) is 13.2 Å². The van der Waals surface area contributed by atoms with Crippen LogP contribution in [0.2, 0.25) is 0 Å². The summed E-state index contributed by atoms with van der Waals surface area (Å²) in [5.74, 6) is -2.09. The van der Waals surface area contributed by atoms with Crippen LogP contribution in [-0.2, 0) is 32.1 Å². The summed E-state index contributed by atoms with van der Waals surface area (Å²) < 4.78 is 43.0. The van der Waals surface area contributed by atoms with Crippen molar-refractivity contribution in [1.29, 1.82) is 5.26 Å². The van der Waals surface area contributed by atoms with Crippen LogP contribution in [0.15, 0.2) is 60.8 Å². The number of pyridine rings is 1. The SMILES string of the molecule is CCCCCCCc1ccc(CCc2ccc3c(F)c(CCc4cc(F)c(C#N)c(F)c4)ccc3c2)nc1. The summed E-state index contributed by atoms with van der Waals surface area (Å²) in [7, 11) is 0. The Morgan fingerprint density at radius 1 is 0.711 bits per heavy atom. The van der Waals surface area contributed by atoms with Crippen LogP contribution in [0.3, 0.4) is 0 Å². The number of fused-ring (bicyclic) bond motifs is 1. The lowest BCUT2D eigenvalue weighted by molar-refractivity contribution is 0.572. The predicted molar refractivity (Wildman–Crippen MR) is 146 cm³/mol. The Kier molecular flexibility index (Phi) is 9.54. The third-order valence-corrected chi connectivity index (χ3v) is 7.12. The molecule has 0 amide bonds. The van der Waals surface area contributed by atoms with Crippen LogP contribution in [0.4, 0.5) is 13.2 Å². The highest BCUT2D eigenvalue weighted by molar-refractivity contribution is 5.84. The Morgan fingerprint density at radius 2 is 1.45 bits per heavy atom. The number of unbranched alkanes of at least 4 members (excludes halogenated alkanes) is 4. The fourth-order valence-electron chi connectivity index (χ4n) is 4.85. The van der Waals surface area contributed by atoms with Crippen molar-refractivity contribution in [2.45, 2.75) is 71.1 Å². The van der Waals surface area contributed by atoms with Crippen LogP contribution >= 0.6 is 0 Å². The van der Waals surface area contributed by atoms with Gasteiger partial charge in [-0.3, -0.25) is 4.98 Å². The number of halogens is 3. The summed E-state index contributed by atoms with van der Waals surface area (Å²) in [6, 6.07) is 17.5. The van der Waals surface area contributed by atoms with Crippen molar-refractivity contribution in [2.24, 2.45) is 0 Å². The summed E-state index contributed by atoms with van der Waals surface area (Å²) in [6.07, 6.45) is 11.6. The minimum Gasteiger partial charge on any atom is -0.261 e. The van der Waals surface area contributed by atoms with E-state index in [1.807, 2.05) is 24.4 Å². The van der Waals surface area contributed by atoms with Gasteiger partial charge >= 0.3 is 0 Å². The smallest absolute Gasteiger partial charge is 0.144 e. The molecule has 0 unspecified atom stereocenters. The molecule has 0 saturated carbocycles. The molecule has 0 bridgehead atoms. The fourth-order valence-corrected chi connectivity index (χ4v) is 4.85. The number of rotatable bonds is 12. The van der Waals surface area contributed by atoms with E-state index in [2.05, 4.69) is 24.0 Å². The van der Waals surface area contributed by atoms with E-state index < -0.39 is 17.2 Å². The molecule has 1 heterocycles. The molecule has 0 fully saturated rings. The van der Waals surface area contributed by atoms with Gasteiger partial charge in [0, 0.05) is 17.3 Å². The average Bonchev–Trinajstić information content (AvgIpc) is 2.92. The monoisotopic (exact) mass is 514 g/mol. The van der Waals surface area contributed by atoms with E-state index in [0.29, 0.717) is 22.9 Å². The maximum absolute atomic E-state index is 15.2. The molecule has 1 aromatic heterocycles. The normalized spacial score (nSPS) is 11.1. The molecule has 2 nitrogen and oxygen atoms in total. The lowest BCUT2D eigenvalue weighted by Gasteiger charge is -2.10. The van der Waals surface area contributed by atoms with E-state index >= 15 is 4.39 Å². The largest absolute Gasteiger partial charge is 0.261 e. The first-order chi connectivity index (χ1) is 18.5. The van der Waals surface area contributed by atoms with Crippen LogP contribution < -0.4 is 0 Å². The average molecular weight is 515 g/mol. The second-order valence-corrected chi connectivity index (χ2v) is 9.96. The molecule has 4 aromatic rings. The minimum absolute atomic E-state index is 0.269. The standard InChI is InChI=1S/C33H33F3N2/c1-2-3-4-5-6-7-24-10-16-28(38-22-24)15-9-23-11-17-29-27(18-23)14-13-26(33(29)36)12-8-25-19-31(34)30(21-37)32(35)20-25/h10-11,13-14,16-20,22H,2-9,12,15H2,1H3. The summed E-state index contributed by atoms with van der Waals surface area (Å²) >= 11 is 0. The van der Waals surface area contributed by atoms with Gasteiger partial charge in [-0.15, -0.1) is 0 Å². The Bertz CT molecular complexity index is 1400. The van der Waals surface area contributed by atoms with E-state index in [0.717, 1.165) is 48.0 Å². The Balaban J connectivity index is 1.35. The molecule has 38 heavy (non-hydrogen) atoms. The molecule has 0 N–H and O–H groups in total. The zero-order valence-corrected chi connectivity index (χ0v) is 21.9. The highest BCUT2D eigenvalue weighted by Crippen LogP contribution is 2.25. The molecule has 0 saturated heterocycles. The van der Waals surface area contributed by atoms with Crippen molar-refractivity contribution < 1.29 is 13.2 Å². The van der Waals surface area contributed by atoms with E-state index in [1.165, 1.54) is 43.7 Å². The number of aromatic nitrogens is 1. The molecule has 0 aliphatic heterocycles. The molecule has 4 rings (SSSR count). The second-order valence-electron chi connectivity index (χ2n) is 9.96. The molecule has 0 aliphatic rings. The maximum Gasteiger partial charge on any atom is 0.144 e. The van der Waals surface area contributed by atoms with E-state index in [9.17, 15) is 8.78 Å². The highest BCUT2D eigenvalue weighted by Gasteiger charge is 2.13. The molecule has 0 atom stereocenters. The van der Waals surface area contributed by atoms with Crippen LogP contribution in [-0.4, -0.2) is 4.98 Å². The molecule has 196 valence electrons. The molecular formula is C33H33F3N2. The number of aryl methyl sites for hydroxylation is 5. The van der Waals surface area contributed by atoms with Gasteiger partial charge in [0.15, 0.2) is 0 Å². The van der Waals surface area contributed by atoms with Gasteiger partial charge in [-0.05, 0) is 84.4 Å². The molecular weight excluding hydrogens is 481 g/mol. The topological polar surface area (TPSA) is 36.7 Å². The van der Waals surface area contributed by atoms with Crippen molar-refractivity contribution in [3.63, 3.8) is 0 Å². The minimum atomic E-state index is -0.891. The third kappa shape index (κ3) is 7.01. The van der Waals surface area contributed by atoms with Crippen molar-refractivity contribution in [3.05, 3.63) is 112 Å². The van der Waals surface area contributed by atoms with Gasteiger partial charge < -0.3 is 0 Å². The number of hydrogen-bond acceptors (Lipinski definition) is 2. The Morgan fingerprint density at radius 3 is 2.16 bits per heavy atom. The lowest BCUT2D eigenvalue weighted by atomic mass is 9.97. The zero-order valence-electron chi connectivity index (χ0n) is 21.9. The van der Waals surface area contributed by atoms with Crippen LogP contribution in [0.25, 0.3) is 10.8 Å². The quantitative estimate of drug-likeness (QED) is 0.178. The Labute approximate surface area is 223 Å². The first kappa shape index (κ1) is 27.4. The van der Waals surface area contributed by atoms with Gasteiger partial charge in [0.1, 0.15) is 29.1 Å². The van der Waals surface area contributed by atoms with Crippen molar-refractivity contribution >= 4 is 10.8 Å². The van der Waals surface area contributed by atoms with E-state index in [4.69, 9.17) is 5.26 Å². The van der Waals surface area contributed by atoms with Crippen LogP contribution in [0, 0.1) is 28.8 Å². The number of benzene rings is 3. The number of nitrogens with zero attached hydrogens (tertiary/aromatic N) is 2. The second kappa shape index (κ2) is 13.2. The lowest BCUT2D eigenvalue weighted by Crippen LogP contribution is -2.00. The number of hydrogen-bond donors (Lipinski definition) is 0. The van der Waals surface area contributed by atoms with Crippen LogP contribution in [0.5, 0.6) is 0 Å². The Hall–Kier alpha value is -3.65. The number of nitriles is 1. The van der Waals surface area contributed by atoms with Crippen molar-refractivity contribution in [3.8, 4) is 6.07 Å². The summed E-state index contributed by atoms with van der Waals surface area (Å²) in [6.45, 7) is 2.23. The van der Waals surface area contributed by atoms with Crippen LogP contribution in [0.1, 0.15) is 72.5 Å². The highest BCUT2D eigenvalue weighted by atomic mass is 19.1. The summed E-state index contributed by atoms with van der Waals surface area (Å²) in [4.78, 5) is 4.64. The van der Waals surface area contributed by atoms with Crippen molar-refractivity contribution in [2.75, 3.05) is 0 Å². The summed E-state index contributed by atoms with van der Waals surface area (Å²) in [5, 5.41) is 10.2. The maximum atomic E-state index is 15.2. The first-order valence-electron chi connectivity index (χ1n) is 13.5. The molecule has 0 radical (unpaired) electrons. The van der Waals surface area contributed by atoms with Gasteiger partial charge in [0.25, 0.3) is 0 Å². The van der Waals surface area contributed by atoms with Crippen molar-refractivity contribution in [1.82, 2.24) is 4.98 Å². The predicted octanol–water partition coefficient (Wildman–Crippen LogP) is 8.61. The zero-order chi connectivity index (χ0) is 26.9. The van der Waals surface area contributed by atoms with Gasteiger partial charge in [-0.2, -0.15) is 5.26 Å². The first-order valence-corrected chi connectivity index (χ1v) is 13.5. The molecule has 3 aromatic carbocycles.